The molecule has 1 aromatic rings. The van der Waals surface area contributed by atoms with Crippen molar-refractivity contribution >= 4 is 21.5 Å². The lowest BCUT2D eigenvalue weighted by atomic mass is 10.1. The molecule has 0 bridgehead atoms. The van der Waals surface area contributed by atoms with E-state index in [4.69, 9.17) is 4.55 Å². The molecule has 0 spiro atoms. The summed E-state index contributed by atoms with van der Waals surface area (Å²) in [4.78, 5) is 10.4. The normalized spacial score (nSPS) is 20.4. The minimum Gasteiger partial charge on any atom is -0.362 e. The molecular formula is C13H13F5N2O5S. The Morgan fingerprint density at radius 1 is 1.35 bits per heavy atom. The van der Waals surface area contributed by atoms with E-state index in [0.29, 0.717) is 12.1 Å². The molecule has 2 rings (SSSR count). The van der Waals surface area contributed by atoms with Gasteiger partial charge in [0.15, 0.2) is 0 Å². The van der Waals surface area contributed by atoms with Crippen LogP contribution in [0.5, 0.6) is 0 Å². The van der Waals surface area contributed by atoms with Crippen LogP contribution in [0.25, 0.3) is 0 Å². The first-order valence-electron chi connectivity index (χ1n) is 7.15. The van der Waals surface area contributed by atoms with Gasteiger partial charge in [0.2, 0.25) is 0 Å². The number of hydrogen-bond donors (Lipinski definition) is 1. The molecule has 13 heteroatoms. The maximum atomic E-state index is 13.7. The number of nitro groups is 1. The number of rotatable bonds is 5. The molecule has 0 amide bonds. The van der Waals surface area contributed by atoms with Crippen LogP contribution in [-0.4, -0.2) is 42.2 Å². The van der Waals surface area contributed by atoms with Gasteiger partial charge >= 0.3 is 6.18 Å². The van der Waals surface area contributed by atoms with Crippen molar-refractivity contribution in [3.63, 3.8) is 0 Å². The summed E-state index contributed by atoms with van der Waals surface area (Å²) >= 11 is 0. The van der Waals surface area contributed by atoms with Gasteiger partial charge in [-0.3, -0.25) is 14.7 Å². The van der Waals surface area contributed by atoms with E-state index < -0.39 is 69.6 Å². The molecular weight excluding hydrogens is 391 g/mol. The Balaban J connectivity index is 2.42. The van der Waals surface area contributed by atoms with Gasteiger partial charge in [0.1, 0.15) is 5.56 Å². The molecule has 1 aliphatic rings. The van der Waals surface area contributed by atoms with E-state index in [1.54, 1.807) is 0 Å². The number of halogens is 5. The van der Waals surface area contributed by atoms with Crippen LogP contribution in [0.1, 0.15) is 18.4 Å². The quantitative estimate of drug-likeness (QED) is 0.350. The average Bonchev–Trinajstić information content (AvgIpc) is 2.78. The van der Waals surface area contributed by atoms with Crippen molar-refractivity contribution < 1.29 is 39.8 Å². The largest absolute Gasteiger partial charge is 0.423 e. The number of anilines is 1. The van der Waals surface area contributed by atoms with Gasteiger partial charge < -0.3 is 4.90 Å². The number of benzene rings is 1. The second-order valence-electron chi connectivity index (χ2n) is 5.87. The smallest absolute Gasteiger partial charge is 0.362 e. The van der Waals surface area contributed by atoms with E-state index in [-0.39, 0.29) is 5.69 Å². The van der Waals surface area contributed by atoms with Crippen LogP contribution in [0.2, 0.25) is 0 Å². The average molecular weight is 404 g/mol. The van der Waals surface area contributed by atoms with Gasteiger partial charge in [0.05, 0.1) is 17.2 Å². The van der Waals surface area contributed by atoms with E-state index in [1.165, 1.54) is 0 Å². The molecule has 1 N–H and O–H groups in total. The van der Waals surface area contributed by atoms with Gasteiger partial charge in [-0.15, -0.1) is 0 Å². The first-order valence-corrected chi connectivity index (χ1v) is 8.76. The van der Waals surface area contributed by atoms with Crippen molar-refractivity contribution in [2.45, 2.75) is 31.0 Å². The molecule has 146 valence electrons. The van der Waals surface area contributed by atoms with Gasteiger partial charge in [0, 0.05) is 24.2 Å². The summed E-state index contributed by atoms with van der Waals surface area (Å²) in [5, 5.41) is 10.8. The summed E-state index contributed by atoms with van der Waals surface area (Å²) in [6.07, 6.45) is -6.34. The Labute approximate surface area is 144 Å². The van der Waals surface area contributed by atoms with Crippen molar-refractivity contribution in [1.29, 1.82) is 0 Å². The molecule has 7 nitrogen and oxygen atoms in total. The highest BCUT2D eigenvalue weighted by Gasteiger charge is 2.46. The summed E-state index contributed by atoms with van der Waals surface area (Å²) in [5.41, 5.74) is -3.16. The topological polar surface area (TPSA) is 101 Å². The number of alkyl halides is 5. The zero-order chi connectivity index (χ0) is 19.9. The van der Waals surface area contributed by atoms with Crippen LogP contribution in [0, 0.1) is 10.1 Å². The minimum atomic E-state index is -5.08. The van der Waals surface area contributed by atoms with Gasteiger partial charge in [-0.05, 0) is 18.6 Å². The lowest BCUT2D eigenvalue weighted by molar-refractivity contribution is -0.388. The second-order valence-corrected chi connectivity index (χ2v) is 7.44. The predicted molar refractivity (Wildman–Crippen MR) is 79.8 cm³/mol. The van der Waals surface area contributed by atoms with Gasteiger partial charge in [-0.1, -0.05) is 0 Å². The van der Waals surface area contributed by atoms with E-state index in [1.807, 2.05) is 0 Å². The molecule has 0 unspecified atom stereocenters. The summed E-state index contributed by atoms with van der Waals surface area (Å²) in [6.45, 7) is -0.974. The molecule has 1 aliphatic heterocycles. The predicted octanol–water partition coefficient (Wildman–Crippen LogP) is 3.11. The highest BCUT2D eigenvalue weighted by Crippen LogP contribution is 2.42. The van der Waals surface area contributed by atoms with Gasteiger partial charge in [-0.25, -0.2) is 8.78 Å². The summed E-state index contributed by atoms with van der Waals surface area (Å²) in [5.74, 6) is -4.13. The van der Waals surface area contributed by atoms with Crippen molar-refractivity contribution in [2.24, 2.45) is 0 Å². The highest BCUT2D eigenvalue weighted by atomic mass is 32.2. The van der Waals surface area contributed by atoms with Gasteiger partial charge in [-0.2, -0.15) is 21.6 Å². The Bertz CT molecular complexity index is 812. The maximum Gasteiger partial charge on any atom is 0.423 e. The third kappa shape index (κ3) is 4.78. The lowest BCUT2D eigenvalue weighted by Gasteiger charge is -2.26. The lowest BCUT2D eigenvalue weighted by Crippen LogP contribution is -2.32. The Kier molecular flexibility index (Phi) is 5.16. The van der Waals surface area contributed by atoms with Crippen LogP contribution in [0.15, 0.2) is 18.2 Å². The van der Waals surface area contributed by atoms with Crippen LogP contribution in [-0.2, 0) is 16.3 Å². The zero-order valence-corrected chi connectivity index (χ0v) is 13.7. The fourth-order valence-corrected chi connectivity index (χ4v) is 3.40. The first kappa shape index (κ1) is 20.3. The second kappa shape index (κ2) is 6.61. The van der Waals surface area contributed by atoms with Crippen molar-refractivity contribution in [2.75, 3.05) is 17.2 Å². The third-order valence-corrected chi connectivity index (χ3v) is 4.65. The molecule has 26 heavy (non-hydrogen) atoms. The van der Waals surface area contributed by atoms with E-state index >= 15 is 0 Å². The molecule has 0 radical (unpaired) electrons. The standard InChI is InChI=1S/C13H13F5N2O5S/c14-12(15)6-9(3-4-26(23,24)25)19(7-12)8-1-2-11(20(21)22)10(5-8)13(16,17)18/h1-2,5,9H,3-4,6-7H2,(H,23,24,25)/t9-/m1/s1. The van der Waals surface area contributed by atoms with Crippen molar-refractivity contribution in [3.8, 4) is 0 Å². The summed E-state index contributed by atoms with van der Waals surface area (Å²) < 4.78 is 97.0. The number of hydrogen-bond acceptors (Lipinski definition) is 5. The van der Waals surface area contributed by atoms with Gasteiger partial charge in [0.25, 0.3) is 21.7 Å². The van der Waals surface area contributed by atoms with Crippen LogP contribution < -0.4 is 4.90 Å². The Hall–Kier alpha value is -2.02. The molecule has 0 saturated carbocycles. The highest BCUT2D eigenvalue weighted by molar-refractivity contribution is 7.85. The maximum absolute atomic E-state index is 13.7. The van der Waals surface area contributed by atoms with Crippen molar-refractivity contribution in [3.05, 3.63) is 33.9 Å². The number of nitrogens with zero attached hydrogens (tertiary/aromatic N) is 2. The molecule has 1 atom stereocenters. The molecule has 1 fully saturated rings. The first-order chi connectivity index (χ1) is 11.7. The van der Waals surface area contributed by atoms with E-state index in [0.717, 1.165) is 11.0 Å². The fraction of sp³-hybridized carbons (Fsp3) is 0.538. The zero-order valence-electron chi connectivity index (χ0n) is 12.9. The van der Waals surface area contributed by atoms with E-state index in [9.17, 15) is 40.5 Å². The molecule has 1 saturated heterocycles. The summed E-state index contributed by atoms with van der Waals surface area (Å²) in [7, 11) is -4.44. The Morgan fingerprint density at radius 3 is 2.46 bits per heavy atom. The molecule has 1 aromatic carbocycles. The molecule has 0 aliphatic carbocycles. The fourth-order valence-electron chi connectivity index (χ4n) is 2.83. The molecule has 1 heterocycles. The monoisotopic (exact) mass is 404 g/mol. The summed E-state index contributed by atoms with van der Waals surface area (Å²) in [6, 6.07) is 0.693. The van der Waals surface area contributed by atoms with Crippen LogP contribution >= 0.6 is 0 Å². The van der Waals surface area contributed by atoms with Crippen molar-refractivity contribution in [1.82, 2.24) is 0 Å². The number of nitro benzene ring substituents is 1. The third-order valence-electron chi connectivity index (χ3n) is 3.90. The Morgan fingerprint density at radius 2 is 1.96 bits per heavy atom. The molecule has 0 aromatic heterocycles. The van der Waals surface area contributed by atoms with Crippen LogP contribution in [0.3, 0.4) is 0 Å². The SMILES string of the molecule is O=[N+]([O-])c1ccc(N2CC(F)(F)C[C@H]2CCS(=O)(=O)O)cc1C(F)(F)F. The van der Waals surface area contributed by atoms with E-state index in [2.05, 4.69) is 0 Å². The van der Waals surface area contributed by atoms with Crippen LogP contribution in [0.4, 0.5) is 33.3 Å². The minimum absolute atomic E-state index is 0.347.